The smallest absolute Gasteiger partial charge is 0.185 e. The molecule has 0 aliphatic rings. The monoisotopic (exact) mass is 178 g/mol. The molecule has 2 N–H and O–H groups in total. The predicted molar refractivity (Wildman–Crippen MR) is 45.5 cm³/mol. The summed E-state index contributed by atoms with van der Waals surface area (Å²) in [6.07, 6.45) is 0.510. The Balaban J connectivity index is 3.16. The van der Waals surface area contributed by atoms with Gasteiger partial charge in [0.05, 0.1) is 6.10 Å². The second-order valence-electron chi connectivity index (χ2n) is 2.29. The molecule has 11 heavy (non-hydrogen) atoms. The molecule has 0 saturated heterocycles. The minimum absolute atomic E-state index is 0.00586. The van der Waals surface area contributed by atoms with E-state index in [1.165, 1.54) is 18.7 Å². The van der Waals surface area contributed by atoms with Gasteiger partial charge in [-0.2, -0.15) is 0 Å². The van der Waals surface area contributed by atoms with E-state index in [1.54, 1.807) is 0 Å². The lowest BCUT2D eigenvalue weighted by Gasteiger charge is -2.06. The molecule has 0 saturated carbocycles. The molecule has 0 rings (SSSR count). The third-order valence-corrected chi connectivity index (χ3v) is 2.07. The van der Waals surface area contributed by atoms with Gasteiger partial charge in [-0.15, -0.1) is 0 Å². The van der Waals surface area contributed by atoms with Gasteiger partial charge in [0.1, 0.15) is 0 Å². The fourth-order valence-electron chi connectivity index (χ4n) is 0.632. The summed E-state index contributed by atoms with van der Waals surface area (Å²) in [6, 6.07) is 0. The number of thioether (sulfide) groups is 1. The van der Waals surface area contributed by atoms with E-state index in [0.29, 0.717) is 18.6 Å². The van der Waals surface area contributed by atoms with Gasteiger partial charge in [0.2, 0.25) is 0 Å². The molecule has 0 aromatic rings. The maximum absolute atomic E-state index is 10.4. The standard InChI is InChI=1S/C7H14O3S/c1-6(9)11-5-3-7(10)2-4-8/h7-8,10H,2-5H2,1H3. The Labute approximate surface area is 70.8 Å². The van der Waals surface area contributed by atoms with Crippen LogP contribution in [0.25, 0.3) is 0 Å². The molecule has 66 valence electrons. The van der Waals surface area contributed by atoms with Crippen LogP contribution >= 0.6 is 11.8 Å². The molecule has 0 fully saturated rings. The lowest BCUT2D eigenvalue weighted by Crippen LogP contribution is -2.09. The maximum atomic E-state index is 10.4. The largest absolute Gasteiger partial charge is 0.396 e. The van der Waals surface area contributed by atoms with Gasteiger partial charge in [0.15, 0.2) is 5.12 Å². The van der Waals surface area contributed by atoms with Crippen molar-refractivity contribution in [1.82, 2.24) is 0 Å². The maximum Gasteiger partial charge on any atom is 0.185 e. The summed E-state index contributed by atoms with van der Waals surface area (Å²) in [5.74, 6) is 0.635. The van der Waals surface area contributed by atoms with Crippen LogP contribution in [0.1, 0.15) is 19.8 Å². The third-order valence-electron chi connectivity index (χ3n) is 1.22. The van der Waals surface area contributed by atoms with Gasteiger partial charge in [0.25, 0.3) is 0 Å². The summed E-state index contributed by atoms with van der Waals surface area (Å²) in [5, 5.41) is 17.6. The molecular formula is C7H14O3S. The van der Waals surface area contributed by atoms with Crippen LogP contribution < -0.4 is 0 Å². The summed E-state index contributed by atoms with van der Waals surface area (Å²) < 4.78 is 0. The van der Waals surface area contributed by atoms with Crippen LogP contribution in [0.5, 0.6) is 0 Å². The number of hydrogen-bond acceptors (Lipinski definition) is 4. The number of aliphatic hydroxyl groups is 2. The highest BCUT2D eigenvalue weighted by atomic mass is 32.2. The molecule has 1 atom stereocenters. The fourth-order valence-corrected chi connectivity index (χ4v) is 1.31. The van der Waals surface area contributed by atoms with Gasteiger partial charge in [-0.3, -0.25) is 4.79 Å². The van der Waals surface area contributed by atoms with E-state index in [2.05, 4.69) is 0 Å². The Kier molecular flexibility index (Phi) is 6.60. The zero-order chi connectivity index (χ0) is 8.69. The van der Waals surface area contributed by atoms with Crippen molar-refractivity contribution in [2.75, 3.05) is 12.4 Å². The van der Waals surface area contributed by atoms with E-state index in [4.69, 9.17) is 10.2 Å². The number of carbonyl (C=O) groups excluding carboxylic acids is 1. The van der Waals surface area contributed by atoms with E-state index in [1.807, 2.05) is 0 Å². The predicted octanol–water partition coefficient (Wildman–Crippen LogP) is 0.400. The molecule has 0 bridgehead atoms. The van der Waals surface area contributed by atoms with Crippen molar-refractivity contribution in [3.8, 4) is 0 Å². The Morgan fingerprint density at radius 2 is 2.18 bits per heavy atom. The molecule has 0 amide bonds. The minimum atomic E-state index is -0.466. The Hall–Kier alpha value is -0.0600. The van der Waals surface area contributed by atoms with Crippen LogP contribution in [0.4, 0.5) is 0 Å². The molecule has 3 nitrogen and oxygen atoms in total. The minimum Gasteiger partial charge on any atom is -0.396 e. The highest BCUT2D eigenvalue weighted by Gasteiger charge is 2.03. The number of carbonyl (C=O) groups is 1. The number of rotatable bonds is 5. The van der Waals surface area contributed by atoms with Crippen LogP contribution in [0.2, 0.25) is 0 Å². The van der Waals surface area contributed by atoms with Gasteiger partial charge >= 0.3 is 0 Å². The average Bonchev–Trinajstić information content (AvgIpc) is 1.87. The Morgan fingerprint density at radius 3 is 2.64 bits per heavy atom. The van der Waals surface area contributed by atoms with Gasteiger partial charge in [0, 0.05) is 19.3 Å². The van der Waals surface area contributed by atoms with Crippen LogP contribution in [0.3, 0.4) is 0 Å². The first kappa shape index (κ1) is 10.9. The topological polar surface area (TPSA) is 57.5 Å². The zero-order valence-corrected chi connectivity index (χ0v) is 7.43. The van der Waals surface area contributed by atoms with Crippen LogP contribution in [0, 0.1) is 0 Å². The van der Waals surface area contributed by atoms with Crippen molar-refractivity contribution in [3.05, 3.63) is 0 Å². The van der Waals surface area contributed by atoms with Crippen molar-refractivity contribution >= 4 is 16.9 Å². The van der Waals surface area contributed by atoms with Gasteiger partial charge in [-0.1, -0.05) is 11.8 Å². The quantitative estimate of drug-likeness (QED) is 0.640. The van der Waals surface area contributed by atoms with E-state index >= 15 is 0 Å². The van der Waals surface area contributed by atoms with E-state index in [0.717, 1.165) is 0 Å². The molecule has 1 unspecified atom stereocenters. The third kappa shape index (κ3) is 7.84. The Morgan fingerprint density at radius 1 is 1.55 bits per heavy atom. The summed E-state index contributed by atoms with van der Waals surface area (Å²) in [5.41, 5.74) is 0. The van der Waals surface area contributed by atoms with Gasteiger partial charge < -0.3 is 10.2 Å². The normalized spacial score (nSPS) is 13.0. The summed E-state index contributed by atoms with van der Waals surface area (Å²) in [6.45, 7) is 1.51. The first-order valence-electron chi connectivity index (χ1n) is 3.59. The van der Waals surface area contributed by atoms with Crippen LogP contribution in [0.15, 0.2) is 0 Å². The van der Waals surface area contributed by atoms with Crippen LogP contribution in [-0.4, -0.2) is 33.8 Å². The molecule has 0 radical (unpaired) electrons. The summed E-state index contributed by atoms with van der Waals surface area (Å²) >= 11 is 1.20. The molecule has 0 aliphatic heterocycles. The zero-order valence-electron chi connectivity index (χ0n) is 6.62. The number of hydrogen-bond donors (Lipinski definition) is 2. The van der Waals surface area contributed by atoms with E-state index in [-0.39, 0.29) is 11.7 Å². The van der Waals surface area contributed by atoms with Crippen LogP contribution in [-0.2, 0) is 4.79 Å². The molecule has 0 spiro atoms. The average molecular weight is 178 g/mol. The van der Waals surface area contributed by atoms with Crippen molar-refractivity contribution in [1.29, 1.82) is 0 Å². The van der Waals surface area contributed by atoms with Gasteiger partial charge in [-0.25, -0.2) is 0 Å². The summed E-state index contributed by atoms with van der Waals surface area (Å²) in [7, 11) is 0. The van der Waals surface area contributed by atoms with E-state index in [9.17, 15) is 4.79 Å². The van der Waals surface area contributed by atoms with Crippen molar-refractivity contribution in [3.63, 3.8) is 0 Å². The first-order chi connectivity index (χ1) is 5.16. The molecule has 0 aliphatic carbocycles. The molecule has 0 heterocycles. The highest BCUT2D eigenvalue weighted by molar-refractivity contribution is 8.13. The lowest BCUT2D eigenvalue weighted by molar-refractivity contribution is -0.109. The SMILES string of the molecule is CC(=O)SCCC(O)CCO. The molecule has 0 aromatic carbocycles. The van der Waals surface area contributed by atoms with Gasteiger partial charge in [-0.05, 0) is 12.8 Å². The molecular weight excluding hydrogens is 164 g/mol. The lowest BCUT2D eigenvalue weighted by atomic mass is 10.2. The molecule has 0 aromatic heterocycles. The van der Waals surface area contributed by atoms with Crippen molar-refractivity contribution < 1.29 is 15.0 Å². The fraction of sp³-hybridized carbons (Fsp3) is 0.857. The second kappa shape index (κ2) is 6.64. The first-order valence-corrected chi connectivity index (χ1v) is 4.57. The molecule has 4 heteroatoms. The Bertz CT molecular complexity index is 116. The van der Waals surface area contributed by atoms with E-state index < -0.39 is 6.10 Å². The number of aliphatic hydroxyl groups excluding tert-OH is 2. The second-order valence-corrected chi connectivity index (χ2v) is 3.57. The van der Waals surface area contributed by atoms with Crippen molar-refractivity contribution in [2.45, 2.75) is 25.9 Å². The summed E-state index contributed by atoms with van der Waals surface area (Å²) in [4.78, 5) is 10.4. The van der Waals surface area contributed by atoms with Crippen molar-refractivity contribution in [2.24, 2.45) is 0 Å². The highest BCUT2D eigenvalue weighted by Crippen LogP contribution is 2.07.